The van der Waals surface area contributed by atoms with E-state index < -0.39 is 0 Å². The van der Waals surface area contributed by atoms with Gasteiger partial charge in [0.15, 0.2) is 0 Å². The Hall–Kier alpha value is -1.85. The zero-order valence-electron chi connectivity index (χ0n) is 13.5. The lowest BCUT2D eigenvalue weighted by molar-refractivity contribution is -0.0494. The van der Waals surface area contributed by atoms with Gasteiger partial charge < -0.3 is 14.5 Å². The first-order valence-electron chi connectivity index (χ1n) is 8.38. The third-order valence-corrected chi connectivity index (χ3v) is 5.03. The van der Waals surface area contributed by atoms with Crippen molar-refractivity contribution < 1.29 is 9.47 Å². The van der Waals surface area contributed by atoms with Gasteiger partial charge in [-0.25, -0.2) is 4.98 Å². The summed E-state index contributed by atoms with van der Waals surface area (Å²) < 4.78 is 10.9. The van der Waals surface area contributed by atoms with Crippen molar-refractivity contribution in [2.45, 2.75) is 31.3 Å². The molecule has 1 unspecified atom stereocenters. The van der Waals surface area contributed by atoms with Gasteiger partial charge in [-0.05, 0) is 42.7 Å². The van der Waals surface area contributed by atoms with Crippen LogP contribution in [0.4, 0.5) is 0 Å². The highest BCUT2D eigenvalue weighted by molar-refractivity contribution is 5.59. The molecule has 1 aromatic heterocycles. The van der Waals surface area contributed by atoms with Crippen LogP contribution in [0.15, 0.2) is 30.5 Å². The Bertz CT molecular complexity index is 649. The van der Waals surface area contributed by atoms with E-state index in [-0.39, 0.29) is 6.04 Å². The van der Waals surface area contributed by atoms with Crippen LogP contribution < -0.4 is 4.74 Å². The number of hydrogen-bond acceptors (Lipinski definition) is 4. The van der Waals surface area contributed by atoms with Crippen molar-refractivity contribution >= 4 is 0 Å². The van der Waals surface area contributed by atoms with Gasteiger partial charge in [0, 0.05) is 12.6 Å². The number of morpholine rings is 1. The number of H-pyrrole nitrogens is 1. The summed E-state index contributed by atoms with van der Waals surface area (Å²) in [4.78, 5) is 10.7. The monoisotopic (exact) mass is 313 g/mol. The molecular formula is C18H23N3O2. The number of nitrogens with one attached hydrogen (secondary N) is 1. The predicted molar refractivity (Wildman–Crippen MR) is 88.5 cm³/mol. The van der Waals surface area contributed by atoms with E-state index in [4.69, 9.17) is 9.47 Å². The summed E-state index contributed by atoms with van der Waals surface area (Å²) in [5.41, 5.74) is 2.17. The fraction of sp³-hybridized carbons (Fsp3) is 0.500. The molecule has 1 atom stereocenters. The number of ether oxygens (including phenoxy) is 2. The SMILES string of the molecule is COc1ccc(-c2cnc(C3COCCN3C3CCC3)[nH]2)cc1. The maximum absolute atomic E-state index is 5.71. The molecule has 1 aliphatic heterocycles. The fourth-order valence-electron chi connectivity index (χ4n) is 3.43. The average Bonchev–Trinajstić information content (AvgIpc) is 3.04. The smallest absolute Gasteiger partial charge is 0.126 e. The van der Waals surface area contributed by atoms with Crippen LogP contribution in [0.3, 0.4) is 0 Å². The predicted octanol–water partition coefficient (Wildman–Crippen LogP) is 3.01. The molecule has 5 nitrogen and oxygen atoms in total. The first-order chi connectivity index (χ1) is 11.3. The molecule has 1 N–H and O–H groups in total. The Kier molecular flexibility index (Phi) is 4.06. The maximum atomic E-state index is 5.71. The standard InChI is InChI=1S/C18H23N3O2/c1-22-15-7-5-13(6-8-15)16-11-19-18(20-16)17-12-23-10-9-21(17)14-3-2-4-14/h5-8,11,14,17H,2-4,9-10,12H2,1H3,(H,19,20). The number of nitrogens with zero attached hydrogens (tertiary/aromatic N) is 2. The molecule has 0 amide bonds. The normalized spacial score (nSPS) is 22.7. The minimum atomic E-state index is 0.251. The lowest BCUT2D eigenvalue weighted by Gasteiger charge is -2.44. The fourth-order valence-corrected chi connectivity index (χ4v) is 3.43. The molecule has 0 radical (unpaired) electrons. The summed E-state index contributed by atoms with van der Waals surface area (Å²) in [6.07, 6.45) is 5.89. The topological polar surface area (TPSA) is 50.4 Å². The van der Waals surface area contributed by atoms with Gasteiger partial charge in [0.25, 0.3) is 0 Å². The van der Waals surface area contributed by atoms with Crippen LogP contribution in [-0.2, 0) is 4.74 Å². The summed E-state index contributed by atoms with van der Waals surface area (Å²) in [6, 6.07) is 9.01. The molecule has 2 heterocycles. The Labute approximate surface area is 136 Å². The van der Waals surface area contributed by atoms with E-state index in [1.807, 2.05) is 18.3 Å². The van der Waals surface area contributed by atoms with Crippen LogP contribution in [0.5, 0.6) is 5.75 Å². The second-order valence-corrected chi connectivity index (χ2v) is 6.32. The molecule has 2 fully saturated rings. The third-order valence-electron chi connectivity index (χ3n) is 5.03. The van der Waals surface area contributed by atoms with Gasteiger partial charge >= 0.3 is 0 Å². The number of aromatic nitrogens is 2. The molecule has 1 saturated heterocycles. The van der Waals surface area contributed by atoms with Crippen LogP contribution in [0.25, 0.3) is 11.3 Å². The lowest BCUT2D eigenvalue weighted by atomic mass is 9.90. The molecule has 1 aliphatic carbocycles. The summed E-state index contributed by atoms with van der Waals surface area (Å²) in [5, 5.41) is 0. The van der Waals surface area contributed by atoms with E-state index in [9.17, 15) is 0 Å². The van der Waals surface area contributed by atoms with Gasteiger partial charge in [0.2, 0.25) is 0 Å². The third kappa shape index (κ3) is 2.86. The molecule has 4 rings (SSSR count). The van der Waals surface area contributed by atoms with E-state index in [0.29, 0.717) is 6.04 Å². The van der Waals surface area contributed by atoms with Crippen molar-refractivity contribution in [3.05, 3.63) is 36.3 Å². The van der Waals surface area contributed by atoms with Crippen LogP contribution in [0.1, 0.15) is 31.1 Å². The number of methoxy groups -OCH3 is 1. The van der Waals surface area contributed by atoms with Crippen LogP contribution >= 0.6 is 0 Å². The Morgan fingerprint density at radius 2 is 2.09 bits per heavy atom. The van der Waals surface area contributed by atoms with Crippen molar-refractivity contribution in [3.63, 3.8) is 0 Å². The molecule has 0 spiro atoms. The van der Waals surface area contributed by atoms with E-state index in [1.165, 1.54) is 19.3 Å². The van der Waals surface area contributed by atoms with Crippen LogP contribution in [-0.4, -0.2) is 47.8 Å². The molecule has 1 saturated carbocycles. The zero-order valence-corrected chi connectivity index (χ0v) is 13.5. The minimum Gasteiger partial charge on any atom is -0.497 e. The van der Waals surface area contributed by atoms with Gasteiger partial charge in [-0.3, -0.25) is 4.90 Å². The molecule has 5 heteroatoms. The maximum Gasteiger partial charge on any atom is 0.126 e. The van der Waals surface area contributed by atoms with E-state index in [1.54, 1.807) is 7.11 Å². The van der Waals surface area contributed by atoms with Crippen molar-refractivity contribution in [2.24, 2.45) is 0 Å². The summed E-state index contributed by atoms with van der Waals surface area (Å²) >= 11 is 0. The highest BCUT2D eigenvalue weighted by Crippen LogP contribution is 2.33. The van der Waals surface area contributed by atoms with Gasteiger partial charge in [-0.15, -0.1) is 0 Å². The Morgan fingerprint density at radius 3 is 2.78 bits per heavy atom. The highest BCUT2D eigenvalue weighted by Gasteiger charge is 2.34. The zero-order chi connectivity index (χ0) is 15.6. The summed E-state index contributed by atoms with van der Waals surface area (Å²) in [5.74, 6) is 1.88. The van der Waals surface area contributed by atoms with Gasteiger partial charge in [-0.1, -0.05) is 6.42 Å². The van der Waals surface area contributed by atoms with Crippen molar-refractivity contribution in [1.29, 1.82) is 0 Å². The molecule has 23 heavy (non-hydrogen) atoms. The largest absolute Gasteiger partial charge is 0.497 e. The summed E-state index contributed by atoms with van der Waals surface area (Å²) in [7, 11) is 1.68. The lowest BCUT2D eigenvalue weighted by Crippen LogP contribution is -2.48. The number of rotatable bonds is 4. The number of benzene rings is 1. The quantitative estimate of drug-likeness (QED) is 0.943. The highest BCUT2D eigenvalue weighted by atomic mass is 16.5. The summed E-state index contributed by atoms with van der Waals surface area (Å²) in [6.45, 7) is 2.57. The minimum absolute atomic E-state index is 0.251. The van der Waals surface area contributed by atoms with Crippen molar-refractivity contribution in [3.8, 4) is 17.0 Å². The first kappa shape index (κ1) is 14.7. The molecule has 122 valence electrons. The Morgan fingerprint density at radius 1 is 1.26 bits per heavy atom. The molecular weight excluding hydrogens is 290 g/mol. The van der Waals surface area contributed by atoms with Crippen molar-refractivity contribution in [2.75, 3.05) is 26.9 Å². The molecule has 0 bridgehead atoms. The second kappa shape index (κ2) is 6.34. The molecule has 2 aromatic rings. The molecule has 2 aliphatic rings. The van der Waals surface area contributed by atoms with E-state index in [0.717, 1.165) is 42.6 Å². The van der Waals surface area contributed by atoms with Crippen molar-refractivity contribution in [1.82, 2.24) is 14.9 Å². The van der Waals surface area contributed by atoms with Gasteiger partial charge in [0.05, 0.1) is 38.3 Å². The number of imidazole rings is 1. The van der Waals surface area contributed by atoms with E-state index >= 15 is 0 Å². The molecule has 1 aromatic carbocycles. The van der Waals surface area contributed by atoms with Crippen LogP contribution in [0.2, 0.25) is 0 Å². The van der Waals surface area contributed by atoms with Crippen LogP contribution in [0, 0.1) is 0 Å². The number of hydrogen-bond donors (Lipinski definition) is 1. The van der Waals surface area contributed by atoms with Gasteiger partial charge in [0.1, 0.15) is 11.6 Å². The first-order valence-corrected chi connectivity index (χ1v) is 8.38. The van der Waals surface area contributed by atoms with E-state index in [2.05, 4.69) is 27.0 Å². The average molecular weight is 313 g/mol. The second-order valence-electron chi connectivity index (χ2n) is 6.32. The van der Waals surface area contributed by atoms with Gasteiger partial charge in [-0.2, -0.15) is 0 Å². The Balaban J connectivity index is 1.55. The number of aromatic amines is 1.